The molecule has 1 aromatic heterocycles. The predicted octanol–water partition coefficient (Wildman–Crippen LogP) is 1.07. The molecular weight excluding hydrogens is 226 g/mol. The number of aryl methyl sites for hydroxylation is 1. The van der Waals surface area contributed by atoms with E-state index in [-0.39, 0.29) is 6.10 Å². The van der Waals surface area contributed by atoms with E-state index in [2.05, 4.69) is 22.7 Å². The Hall–Kier alpha value is -0.870. The number of likely N-dealkylation sites (tertiary alicyclic amines) is 1. The number of aromatic nitrogens is 2. The van der Waals surface area contributed by atoms with Gasteiger partial charge in [0.05, 0.1) is 11.8 Å². The topological polar surface area (TPSA) is 41.3 Å². The minimum absolute atomic E-state index is 0.180. The average molecular weight is 249 g/mol. The summed E-state index contributed by atoms with van der Waals surface area (Å²) in [6.45, 7) is 3.17. The van der Waals surface area contributed by atoms with Gasteiger partial charge in [-0.15, -0.1) is 0 Å². The molecule has 4 nitrogen and oxygen atoms in total. The van der Waals surface area contributed by atoms with Gasteiger partial charge in [0.1, 0.15) is 5.82 Å². The second-order valence-electron chi connectivity index (χ2n) is 5.97. The third-order valence-electron chi connectivity index (χ3n) is 4.24. The van der Waals surface area contributed by atoms with Crippen molar-refractivity contribution in [1.82, 2.24) is 14.5 Å². The van der Waals surface area contributed by atoms with Crippen molar-refractivity contribution in [2.75, 3.05) is 20.1 Å². The van der Waals surface area contributed by atoms with Crippen LogP contribution in [0, 0.1) is 5.92 Å². The molecule has 0 aliphatic carbocycles. The van der Waals surface area contributed by atoms with Crippen LogP contribution in [-0.2, 0) is 19.4 Å². The Morgan fingerprint density at radius 2 is 2.28 bits per heavy atom. The number of imidazole rings is 1. The van der Waals surface area contributed by atoms with Crippen molar-refractivity contribution >= 4 is 0 Å². The van der Waals surface area contributed by atoms with Gasteiger partial charge < -0.3 is 14.6 Å². The molecule has 2 atom stereocenters. The number of aliphatic hydroxyl groups excluding tert-OH is 1. The van der Waals surface area contributed by atoms with Crippen LogP contribution in [0.4, 0.5) is 0 Å². The highest BCUT2D eigenvalue weighted by Crippen LogP contribution is 2.21. The fraction of sp³-hybridized carbons (Fsp3) is 0.786. The van der Waals surface area contributed by atoms with E-state index in [0.717, 1.165) is 31.7 Å². The Morgan fingerprint density at radius 3 is 3.11 bits per heavy atom. The first-order chi connectivity index (χ1) is 8.70. The van der Waals surface area contributed by atoms with Crippen molar-refractivity contribution in [1.29, 1.82) is 0 Å². The van der Waals surface area contributed by atoms with Gasteiger partial charge in [0.25, 0.3) is 0 Å². The molecule has 1 N–H and O–H groups in total. The van der Waals surface area contributed by atoms with Gasteiger partial charge in [0.2, 0.25) is 0 Å². The summed E-state index contributed by atoms with van der Waals surface area (Å²) in [5.74, 6) is 1.92. The molecule has 4 heteroatoms. The van der Waals surface area contributed by atoms with Crippen LogP contribution in [0.1, 0.15) is 30.8 Å². The maximum absolute atomic E-state index is 9.67. The summed E-state index contributed by atoms with van der Waals surface area (Å²) in [5, 5.41) is 9.67. The first kappa shape index (κ1) is 12.2. The van der Waals surface area contributed by atoms with Gasteiger partial charge in [-0.25, -0.2) is 4.98 Å². The molecule has 0 aromatic carbocycles. The van der Waals surface area contributed by atoms with Crippen LogP contribution < -0.4 is 0 Å². The summed E-state index contributed by atoms with van der Waals surface area (Å²) >= 11 is 0. The zero-order chi connectivity index (χ0) is 12.5. The first-order valence-electron chi connectivity index (χ1n) is 7.12. The van der Waals surface area contributed by atoms with Crippen LogP contribution in [-0.4, -0.2) is 45.8 Å². The van der Waals surface area contributed by atoms with Crippen molar-refractivity contribution in [3.05, 3.63) is 17.7 Å². The smallest absolute Gasteiger partial charge is 0.109 e. The van der Waals surface area contributed by atoms with Gasteiger partial charge in [-0.3, -0.25) is 0 Å². The summed E-state index contributed by atoms with van der Waals surface area (Å²) in [7, 11) is 2.21. The zero-order valence-corrected chi connectivity index (χ0v) is 11.2. The van der Waals surface area contributed by atoms with Crippen molar-refractivity contribution < 1.29 is 5.11 Å². The molecule has 0 saturated carbocycles. The van der Waals surface area contributed by atoms with Gasteiger partial charge in [-0.1, -0.05) is 0 Å². The van der Waals surface area contributed by atoms with E-state index >= 15 is 0 Å². The second kappa shape index (κ2) is 5.02. The van der Waals surface area contributed by atoms with Crippen molar-refractivity contribution in [2.45, 2.75) is 44.8 Å². The lowest BCUT2D eigenvalue weighted by Gasteiger charge is -2.29. The summed E-state index contributed by atoms with van der Waals surface area (Å²) in [5.41, 5.74) is 1.22. The number of nitrogens with zero attached hydrogens (tertiary/aromatic N) is 3. The lowest BCUT2D eigenvalue weighted by atomic mass is 9.94. The van der Waals surface area contributed by atoms with Gasteiger partial charge in [0, 0.05) is 25.7 Å². The van der Waals surface area contributed by atoms with Gasteiger partial charge in [0.15, 0.2) is 0 Å². The number of piperidine rings is 1. The molecule has 0 bridgehead atoms. The van der Waals surface area contributed by atoms with Crippen LogP contribution in [0.15, 0.2) is 6.20 Å². The molecule has 2 unspecified atom stereocenters. The van der Waals surface area contributed by atoms with E-state index in [0.29, 0.717) is 0 Å². The van der Waals surface area contributed by atoms with E-state index < -0.39 is 0 Å². The molecule has 0 amide bonds. The van der Waals surface area contributed by atoms with Crippen molar-refractivity contribution in [3.63, 3.8) is 0 Å². The Balaban J connectivity index is 1.66. The quantitative estimate of drug-likeness (QED) is 0.852. The third-order valence-corrected chi connectivity index (χ3v) is 4.24. The monoisotopic (exact) mass is 249 g/mol. The molecule has 3 heterocycles. The highest BCUT2D eigenvalue weighted by Gasteiger charge is 2.22. The predicted molar refractivity (Wildman–Crippen MR) is 70.5 cm³/mol. The Morgan fingerprint density at radius 1 is 1.39 bits per heavy atom. The first-order valence-corrected chi connectivity index (χ1v) is 7.12. The number of fused-ring (bicyclic) bond motifs is 1. The van der Waals surface area contributed by atoms with Gasteiger partial charge in [-0.05, 0) is 45.2 Å². The van der Waals surface area contributed by atoms with Crippen LogP contribution in [0.5, 0.6) is 0 Å². The molecule has 1 aromatic rings. The zero-order valence-electron chi connectivity index (χ0n) is 11.2. The maximum Gasteiger partial charge on any atom is 0.109 e. The third kappa shape index (κ3) is 2.59. The molecule has 2 aliphatic rings. The molecule has 2 aliphatic heterocycles. The SMILES string of the molecule is CN1CCCC(Cc2cn3c(n2)CCC(O)C3)C1. The molecule has 3 rings (SSSR count). The largest absolute Gasteiger partial charge is 0.391 e. The molecule has 100 valence electrons. The van der Waals surface area contributed by atoms with Crippen molar-refractivity contribution in [3.8, 4) is 0 Å². The van der Waals surface area contributed by atoms with Crippen molar-refractivity contribution in [2.24, 2.45) is 5.92 Å². The summed E-state index contributed by atoms with van der Waals surface area (Å²) < 4.78 is 2.15. The minimum Gasteiger partial charge on any atom is -0.391 e. The second-order valence-corrected chi connectivity index (χ2v) is 5.97. The fourth-order valence-electron chi connectivity index (χ4n) is 3.32. The van der Waals surface area contributed by atoms with E-state index in [1.807, 2.05) is 0 Å². The molecular formula is C14H23N3O. The highest BCUT2D eigenvalue weighted by atomic mass is 16.3. The van der Waals surface area contributed by atoms with E-state index in [9.17, 15) is 5.11 Å². The maximum atomic E-state index is 9.67. The Labute approximate surface area is 109 Å². The standard InChI is InChI=1S/C14H23N3O/c1-16-6-2-3-11(8-16)7-12-9-17-10-13(18)4-5-14(17)15-12/h9,11,13,18H,2-8,10H2,1H3. The molecule has 1 saturated heterocycles. The fourth-order valence-corrected chi connectivity index (χ4v) is 3.32. The van der Waals surface area contributed by atoms with Gasteiger partial charge in [-0.2, -0.15) is 0 Å². The van der Waals surface area contributed by atoms with Crippen LogP contribution in [0.3, 0.4) is 0 Å². The van der Waals surface area contributed by atoms with Crippen LogP contribution in [0.25, 0.3) is 0 Å². The number of hydrogen-bond acceptors (Lipinski definition) is 3. The van der Waals surface area contributed by atoms with Crippen LogP contribution in [0.2, 0.25) is 0 Å². The Bertz CT molecular complexity index is 415. The highest BCUT2D eigenvalue weighted by molar-refractivity contribution is 5.08. The van der Waals surface area contributed by atoms with E-state index in [1.54, 1.807) is 0 Å². The lowest BCUT2D eigenvalue weighted by molar-refractivity contribution is 0.130. The van der Waals surface area contributed by atoms with E-state index in [4.69, 9.17) is 4.98 Å². The summed E-state index contributed by atoms with van der Waals surface area (Å²) in [4.78, 5) is 7.16. The number of aliphatic hydroxyl groups is 1. The van der Waals surface area contributed by atoms with Gasteiger partial charge >= 0.3 is 0 Å². The molecule has 0 spiro atoms. The summed E-state index contributed by atoms with van der Waals surface area (Å²) in [6.07, 6.45) is 7.50. The van der Waals surface area contributed by atoms with Crippen LogP contribution >= 0.6 is 0 Å². The number of hydrogen-bond donors (Lipinski definition) is 1. The molecule has 18 heavy (non-hydrogen) atoms. The Kier molecular flexibility index (Phi) is 3.39. The number of rotatable bonds is 2. The molecule has 0 radical (unpaired) electrons. The lowest BCUT2D eigenvalue weighted by Crippen LogP contribution is -2.33. The molecule has 1 fully saturated rings. The average Bonchev–Trinajstić information content (AvgIpc) is 2.70. The van der Waals surface area contributed by atoms with E-state index in [1.165, 1.54) is 37.4 Å². The summed E-state index contributed by atoms with van der Waals surface area (Å²) in [6, 6.07) is 0. The normalized spacial score (nSPS) is 29.2. The minimum atomic E-state index is -0.180.